The number of carboxylic acid groups (broad SMARTS) is 1. The Morgan fingerprint density at radius 3 is 2.58 bits per heavy atom. The third kappa shape index (κ3) is 5.01. The summed E-state index contributed by atoms with van der Waals surface area (Å²) in [7, 11) is 0. The minimum absolute atomic E-state index is 0.629. The lowest BCUT2D eigenvalue weighted by atomic mass is 10.0. The number of nitrogens with zero attached hydrogens (tertiary/aromatic N) is 1. The van der Waals surface area contributed by atoms with Crippen LogP contribution in [0.5, 0.6) is 0 Å². The highest BCUT2D eigenvalue weighted by atomic mass is 16.4. The summed E-state index contributed by atoms with van der Waals surface area (Å²) >= 11 is 0. The van der Waals surface area contributed by atoms with Crippen LogP contribution in [0.1, 0.15) is 31.0 Å². The number of hydrogen-bond acceptors (Lipinski definition) is 3. The molecule has 4 heteroatoms. The zero-order chi connectivity index (χ0) is 14.3. The topological polar surface area (TPSA) is 52.6 Å². The fourth-order valence-electron chi connectivity index (χ4n) is 2.10. The highest BCUT2D eigenvalue weighted by Gasteiger charge is 2.18. The third-order valence-electron chi connectivity index (χ3n) is 3.29. The van der Waals surface area contributed by atoms with Crippen molar-refractivity contribution in [2.24, 2.45) is 0 Å². The maximum atomic E-state index is 11.3. The maximum Gasteiger partial charge on any atom is 0.325 e. The Hall–Kier alpha value is -1.39. The first kappa shape index (κ1) is 15.7. The van der Waals surface area contributed by atoms with Crippen molar-refractivity contribution in [3.63, 3.8) is 0 Å². The Labute approximate surface area is 115 Å². The van der Waals surface area contributed by atoms with Crippen molar-refractivity contribution in [2.45, 2.75) is 26.8 Å². The predicted octanol–water partition coefficient (Wildman–Crippen LogP) is 2.05. The fourth-order valence-corrected chi connectivity index (χ4v) is 2.10. The number of carboxylic acids is 1. The SMILES string of the molecule is CCN(CC)CCNC(C(=O)O)c1cccc(C)c1. The molecule has 0 heterocycles. The van der Waals surface area contributed by atoms with Gasteiger partial charge in [-0.2, -0.15) is 0 Å². The van der Waals surface area contributed by atoms with Crippen LogP contribution in [-0.4, -0.2) is 42.2 Å². The van der Waals surface area contributed by atoms with Crippen LogP contribution < -0.4 is 5.32 Å². The maximum absolute atomic E-state index is 11.3. The number of nitrogens with one attached hydrogen (secondary N) is 1. The molecule has 2 N–H and O–H groups in total. The summed E-state index contributed by atoms with van der Waals surface area (Å²) in [5.41, 5.74) is 1.89. The highest BCUT2D eigenvalue weighted by Crippen LogP contribution is 2.14. The second-order valence-electron chi connectivity index (χ2n) is 4.67. The van der Waals surface area contributed by atoms with Crippen LogP contribution in [-0.2, 0) is 4.79 Å². The number of aliphatic carboxylic acids is 1. The Morgan fingerprint density at radius 2 is 2.05 bits per heavy atom. The number of rotatable bonds is 8. The van der Waals surface area contributed by atoms with E-state index in [0.29, 0.717) is 6.54 Å². The molecule has 0 spiro atoms. The van der Waals surface area contributed by atoms with E-state index < -0.39 is 12.0 Å². The van der Waals surface area contributed by atoms with Crippen LogP contribution in [0.3, 0.4) is 0 Å². The molecule has 1 atom stereocenters. The van der Waals surface area contributed by atoms with Gasteiger partial charge in [0.1, 0.15) is 6.04 Å². The Morgan fingerprint density at radius 1 is 1.37 bits per heavy atom. The van der Waals surface area contributed by atoms with Crippen molar-refractivity contribution < 1.29 is 9.90 Å². The van der Waals surface area contributed by atoms with Crippen LogP contribution in [0.2, 0.25) is 0 Å². The molecule has 0 aliphatic heterocycles. The van der Waals surface area contributed by atoms with Gasteiger partial charge in [-0.1, -0.05) is 43.7 Å². The van der Waals surface area contributed by atoms with Crippen LogP contribution in [0.25, 0.3) is 0 Å². The standard InChI is InChI=1S/C15H24N2O2/c1-4-17(5-2)10-9-16-14(15(18)19)13-8-6-7-12(3)11-13/h6-8,11,14,16H,4-5,9-10H2,1-3H3,(H,18,19). The minimum atomic E-state index is -0.829. The molecule has 0 aliphatic carbocycles. The van der Waals surface area contributed by atoms with Crippen LogP contribution in [0, 0.1) is 6.92 Å². The zero-order valence-electron chi connectivity index (χ0n) is 12.0. The lowest BCUT2D eigenvalue weighted by Gasteiger charge is -2.20. The zero-order valence-corrected chi connectivity index (χ0v) is 12.0. The largest absolute Gasteiger partial charge is 0.480 e. The molecule has 1 rings (SSSR count). The van der Waals surface area contributed by atoms with E-state index in [1.54, 1.807) is 0 Å². The smallest absolute Gasteiger partial charge is 0.325 e. The van der Waals surface area contributed by atoms with Gasteiger partial charge in [-0.05, 0) is 25.6 Å². The summed E-state index contributed by atoms with van der Waals surface area (Å²) in [6.07, 6.45) is 0. The number of likely N-dealkylation sites (N-methyl/N-ethyl adjacent to an activating group) is 1. The molecule has 19 heavy (non-hydrogen) atoms. The molecule has 1 unspecified atom stereocenters. The van der Waals surface area contributed by atoms with Gasteiger partial charge in [-0.25, -0.2) is 0 Å². The Kier molecular flexibility index (Phi) is 6.53. The lowest BCUT2D eigenvalue weighted by Crippen LogP contribution is -2.36. The summed E-state index contributed by atoms with van der Waals surface area (Å²) in [5, 5.41) is 12.4. The first-order chi connectivity index (χ1) is 9.08. The van der Waals surface area contributed by atoms with E-state index in [0.717, 1.165) is 30.8 Å². The predicted molar refractivity (Wildman–Crippen MR) is 77.3 cm³/mol. The van der Waals surface area contributed by atoms with Crippen molar-refractivity contribution in [2.75, 3.05) is 26.2 Å². The van der Waals surface area contributed by atoms with E-state index in [1.165, 1.54) is 0 Å². The molecular formula is C15H24N2O2. The average Bonchev–Trinajstić information content (AvgIpc) is 2.38. The average molecular weight is 264 g/mol. The minimum Gasteiger partial charge on any atom is -0.480 e. The summed E-state index contributed by atoms with van der Waals surface area (Å²) < 4.78 is 0. The second kappa shape index (κ2) is 7.92. The van der Waals surface area contributed by atoms with Crippen LogP contribution >= 0.6 is 0 Å². The number of hydrogen-bond donors (Lipinski definition) is 2. The van der Waals surface area contributed by atoms with Gasteiger partial charge >= 0.3 is 5.97 Å². The monoisotopic (exact) mass is 264 g/mol. The van der Waals surface area contributed by atoms with Gasteiger partial charge < -0.3 is 10.0 Å². The van der Waals surface area contributed by atoms with E-state index in [9.17, 15) is 9.90 Å². The number of carbonyl (C=O) groups is 1. The van der Waals surface area contributed by atoms with E-state index in [4.69, 9.17) is 0 Å². The van der Waals surface area contributed by atoms with Gasteiger partial charge in [0.25, 0.3) is 0 Å². The molecule has 1 aromatic carbocycles. The third-order valence-corrected chi connectivity index (χ3v) is 3.29. The van der Waals surface area contributed by atoms with Gasteiger partial charge in [0, 0.05) is 13.1 Å². The van der Waals surface area contributed by atoms with Crippen LogP contribution in [0.4, 0.5) is 0 Å². The van der Waals surface area contributed by atoms with Gasteiger partial charge in [0.05, 0.1) is 0 Å². The Bertz CT molecular complexity index is 403. The van der Waals surface area contributed by atoms with E-state index in [1.807, 2.05) is 31.2 Å². The molecule has 106 valence electrons. The van der Waals surface area contributed by atoms with Gasteiger partial charge in [0.2, 0.25) is 0 Å². The van der Waals surface area contributed by atoms with Gasteiger partial charge in [-0.15, -0.1) is 0 Å². The molecule has 0 bridgehead atoms. The van der Waals surface area contributed by atoms with Crippen molar-refractivity contribution in [3.8, 4) is 0 Å². The molecule has 1 aromatic rings. The normalized spacial score (nSPS) is 12.6. The molecule has 0 amide bonds. The number of aryl methyl sites for hydroxylation is 1. The summed E-state index contributed by atoms with van der Waals surface area (Å²) in [6, 6.07) is 7.01. The fraction of sp³-hybridized carbons (Fsp3) is 0.533. The van der Waals surface area contributed by atoms with Gasteiger partial charge in [-0.3, -0.25) is 10.1 Å². The molecule has 0 aromatic heterocycles. The van der Waals surface area contributed by atoms with E-state index in [2.05, 4.69) is 24.1 Å². The first-order valence-electron chi connectivity index (χ1n) is 6.83. The van der Waals surface area contributed by atoms with E-state index >= 15 is 0 Å². The molecule has 0 saturated heterocycles. The summed E-state index contributed by atoms with van der Waals surface area (Å²) in [4.78, 5) is 13.6. The molecular weight excluding hydrogens is 240 g/mol. The van der Waals surface area contributed by atoms with E-state index in [-0.39, 0.29) is 0 Å². The Balaban J connectivity index is 2.62. The molecule has 0 radical (unpaired) electrons. The first-order valence-corrected chi connectivity index (χ1v) is 6.83. The summed E-state index contributed by atoms with van der Waals surface area (Å²) in [5.74, 6) is -0.829. The lowest BCUT2D eigenvalue weighted by molar-refractivity contribution is -0.139. The molecule has 0 saturated carbocycles. The van der Waals surface area contributed by atoms with Crippen LogP contribution in [0.15, 0.2) is 24.3 Å². The molecule has 0 aliphatic rings. The highest BCUT2D eigenvalue weighted by molar-refractivity contribution is 5.75. The van der Waals surface area contributed by atoms with Crippen molar-refractivity contribution >= 4 is 5.97 Å². The second-order valence-corrected chi connectivity index (χ2v) is 4.67. The quantitative estimate of drug-likeness (QED) is 0.754. The van der Waals surface area contributed by atoms with Crippen molar-refractivity contribution in [3.05, 3.63) is 35.4 Å². The number of benzene rings is 1. The molecule has 4 nitrogen and oxygen atoms in total. The van der Waals surface area contributed by atoms with Crippen molar-refractivity contribution in [1.29, 1.82) is 0 Å². The van der Waals surface area contributed by atoms with Gasteiger partial charge in [0.15, 0.2) is 0 Å². The molecule has 0 fully saturated rings. The van der Waals surface area contributed by atoms with Crippen molar-refractivity contribution in [1.82, 2.24) is 10.2 Å². The summed E-state index contributed by atoms with van der Waals surface area (Å²) in [6.45, 7) is 9.70.